The highest BCUT2D eigenvalue weighted by atomic mass is 16.3. The van der Waals surface area contributed by atoms with E-state index in [0.717, 1.165) is 18.4 Å². The summed E-state index contributed by atoms with van der Waals surface area (Å²) in [5, 5.41) is 18.2. The summed E-state index contributed by atoms with van der Waals surface area (Å²) in [5.74, 6) is 0.0518. The molecule has 0 amide bonds. The smallest absolute Gasteiger partial charge is 0.133 e. The van der Waals surface area contributed by atoms with Crippen LogP contribution in [-0.2, 0) is 12.8 Å². The number of aryl methyl sites for hydroxylation is 2. The standard InChI is InChI=1S/C15H13NO/c16-11-14-10-13(8-9-15(14)17)7-6-12-4-2-1-3-5-12/h1-5,8-10,17H,6-7H2. The molecular weight excluding hydrogens is 210 g/mol. The van der Waals surface area contributed by atoms with E-state index in [4.69, 9.17) is 5.26 Å². The van der Waals surface area contributed by atoms with E-state index in [-0.39, 0.29) is 5.75 Å². The predicted octanol–water partition coefficient (Wildman–Crippen LogP) is 3.05. The highest BCUT2D eigenvalue weighted by molar-refractivity contribution is 5.44. The largest absolute Gasteiger partial charge is 0.507 e. The minimum Gasteiger partial charge on any atom is -0.507 e. The SMILES string of the molecule is N#Cc1cc(CCc2ccccc2)ccc1O. The Morgan fingerprint density at radius 1 is 0.941 bits per heavy atom. The third kappa shape index (κ3) is 2.85. The fourth-order valence-electron chi connectivity index (χ4n) is 1.76. The van der Waals surface area contributed by atoms with Crippen LogP contribution in [-0.4, -0.2) is 5.11 Å². The van der Waals surface area contributed by atoms with Gasteiger partial charge in [-0.3, -0.25) is 0 Å². The molecule has 0 spiro atoms. The van der Waals surface area contributed by atoms with Crippen molar-refractivity contribution in [2.24, 2.45) is 0 Å². The number of aromatic hydroxyl groups is 1. The average Bonchev–Trinajstić information content (AvgIpc) is 2.39. The highest BCUT2D eigenvalue weighted by Crippen LogP contribution is 2.18. The summed E-state index contributed by atoms with van der Waals surface area (Å²) in [5.41, 5.74) is 2.69. The van der Waals surface area contributed by atoms with E-state index in [1.54, 1.807) is 12.1 Å². The third-order valence-electron chi connectivity index (χ3n) is 2.73. The lowest BCUT2D eigenvalue weighted by molar-refractivity contribution is 0.473. The van der Waals surface area contributed by atoms with Gasteiger partial charge in [0, 0.05) is 0 Å². The zero-order valence-electron chi connectivity index (χ0n) is 9.43. The molecule has 84 valence electrons. The van der Waals surface area contributed by atoms with Gasteiger partial charge in [0.05, 0.1) is 5.56 Å². The second-order valence-corrected chi connectivity index (χ2v) is 3.95. The van der Waals surface area contributed by atoms with Crippen molar-refractivity contribution < 1.29 is 5.11 Å². The average molecular weight is 223 g/mol. The summed E-state index contributed by atoms with van der Waals surface area (Å²) in [6.07, 6.45) is 1.81. The van der Waals surface area contributed by atoms with Gasteiger partial charge in [-0.05, 0) is 36.1 Å². The quantitative estimate of drug-likeness (QED) is 0.869. The number of phenolic OH excluding ortho intramolecular Hbond substituents is 1. The molecule has 2 heteroatoms. The van der Waals surface area contributed by atoms with Crippen molar-refractivity contribution >= 4 is 0 Å². The monoisotopic (exact) mass is 223 g/mol. The first kappa shape index (κ1) is 11.2. The van der Waals surface area contributed by atoms with E-state index >= 15 is 0 Å². The molecule has 0 aromatic heterocycles. The summed E-state index contributed by atoms with van der Waals surface area (Å²) in [6.45, 7) is 0. The van der Waals surface area contributed by atoms with Crippen LogP contribution in [0.3, 0.4) is 0 Å². The van der Waals surface area contributed by atoms with Crippen LogP contribution in [0, 0.1) is 11.3 Å². The topological polar surface area (TPSA) is 44.0 Å². The fourth-order valence-corrected chi connectivity index (χ4v) is 1.76. The maximum Gasteiger partial charge on any atom is 0.133 e. The second-order valence-electron chi connectivity index (χ2n) is 3.95. The minimum atomic E-state index is 0.0518. The van der Waals surface area contributed by atoms with Crippen molar-refractivity contribution in [3.8, 4) is 11.8 Å². The van der Waals surface area contributed by atoms with E-state index in [0.29, 0.717) is 5.56 Å². The molecule has 2 rings (SSSR count). The van der Waals surface area contributed by atoms with E-state index < -0.39 is 0 Å². The van der Waals surface area contributed by atoms with Crippen LogP contribution in [0.2, 0.25) is 0 Å². The number of phenols is 1. The molecule has 1 N–H and O–H groups in total. The molecule has 17 heavy (non-hydrogen) atoms. The maximum atomic E-state index is 9.40. The fraction of sp³-hybridized carbons (Fsp3) is 0.133. The van der Waals surface area contributed by atoms with Gasteiger partial charge >= 0.3 is 0 Å². The first-order valence-corrected chi connectivity index (χ1v) is 5.55. The van der Waals surface area contributed by atoms with Gasteiger partial charge in [-0.15, -0.1) is 0 Å². The molecule has 0 fully saturated rings. The van der Waals surface area contributed by atoms with Crippen molar-refractivity contribution in [1.82, 2.24) is 0 Å². The molecule has 0 radical (unpaired) electrons. The van der Waals surface area contributed by atoms with Crippen LogP contribution in [0.4, 0.5) is 0 Å². The summed E-state index contributed by atoms with van der Waals surface area (Å²) < 4.78 is 0. The molecule has 0 aliphatic carbocycles. The molecule has 0 bridgehead atoms. The van der Waals surface area contributed by atoms with Gasteiger partial charge in [0.1, 0.15) is 11.8 Å². The van der Waals surface area contributed by atoms with Gasteiger partial charge in [-0.2, -0.15) is 5.26 Å². The lowest BCUT2D eigenvalue weighted by Gasteiger charge is -2.03. The molecule has 2 aromatic carbocycles. The molecule has 2 aromatic rings. The molecule has 0 saturated carbocycles. The summed E-state index contributed by atoms with van der Waals surface area (Å²) in [4.78, 5) is 0. The first-order chi connectivity index (χ1) is 8.29. The van der Waals surface area contributed by atoms with Crippen LogP contribution in [0.25, 0.3) is 0 Å². The van der Waals surface area contributed by atoms with Gasteiger partial charge in [0.2, 0.25) is 0 Å². The number of nitriles is 1. The zero-order chi connectivity index (χ0) is 12.1. The Morgan fingerprint density at radius 3 is 2.35 bits per heavy atom. The van der Waals surface area contributed by atoms with Gasteiger partial charge in [-0.25, -0.2) is 0 Å². The number of hydrogen-bond acceptors (Lipinski definition) is 2. The highest BCUT2D eigenvalue weighted by Gasteiger charge is 2.02. The molecule has 2 nitrogen and oxygen atoms in total. The maximum absolute atomic E-state index is 9.40. The Balaban J connectivity index is 2.08. The lowest BCUT2D eigenvalue weighted by Crippen LogP contribution is -1.91. The van der Waals surface area contributed by atoms with Crippen molar-refractivity contribution in [2.75, 3.05) is 0 Å². The molecule has 0 saturated heterocycles. The molecule has 0 heterocycles. The minimum absolute atomic E-state index is 0.0518. The number of nitrogens with zero attached hydrogens (tertiary/aromatic N) is 1. The van der Waals surface area contributed by atoms with Gasteiger partial charge in [-0.1, -0.05) is 36.4 Å². The van der Waals surface area contributed by atoms with Gasteiger partial charge < -0.3 is 5.11 Å². The van der Waals surface area contributed by atoms with Crippen molar-refractivity contribution in [2.45, 2.75) is 12.8 Å². The summed E-state index contributed by atoms with van der Waals surface area (Å²) in [6, 6.07) is 17.4. The van der Waals surface area contributed by atoms with Crippen LogP contribution < -0.4 is 0 Å². The molecule has 0 aliphatic rings. The Hall–Kier alpha value is -2.27. The predicted molar refractivity (Wildman–Crippen MR) is 66.7 cm³/mol. The third-order valence-corrected chi connectivity index (χ3v) is 2.73. The number of hydrogen-bond donors (Lipinski definition) is 1. The van der Waals surface area contributed by atoms with E-state index in [1.165, 1.54) is 5.56 Å². The van der Waals surface area contributed by atoms with Crippen molar-refractivity contribution in [3.63, 3.8) is 0 Å². The van der Waals surface area contributed by atoms with Crippen molar-refractivity contribution in [3.05, 3.63) is 65.2 Å². The Labute approximate surface area is 101 Å². The van der Waals surface area contributed by atoms with Crippen LogP contribution in [0.5, 0.6) is 5.75 Å². The normalized spacial score (nSPS) is 9.82. The van der Waals surface area contributed by atoms with E-state index in [1.807, 2.05) is 30.3 Å². The number of rotatable bonds is 3. The van der Waals surface area contributed by atoms with Crippen LogP contribution >= 0.6 is 0 Å². The molecule has 0 unspecified atom stereocenters. The second kappa shape index (κ2) is 5.18. The molecule has 0 aliphatic heterocycles. The first-order valence-electron chi connectivity index (χ1n) is 5.55. The van der Waals surface area contributed by atoms with Gasteiger partial charge in [0.15, 0.2) is 0 Å². The van der Waals surface area contributed by atoms with Crippen LogP contribution in [0.1, 0.15) is 16.7 Å². The Bertz CT molecular complexity index is 541. The Morgan fingerprint density at radius 2 is 1.65 bits per heavy atom. The summed E-state index contributed by atoms with van der Waals surface area (Å²) >= 11 is 0. The van der Waals surface area contributed by atoms with Crippen molar-refractivity contribution in [1.29, 1.82) is 5.26 Å². The van der Waals surface area contributed by atoms with E-state index in [9.17, 15) is 5.11 Å². The molecular formula is C15H13NO. The lowest BCUT2D eigenvalue weighted by atomic mass is 10.0. The molecule has 0 atom stereocenters. The van der Waals surface area contributed by atoms with Gasteiger partial charge in [0.25, 0.3) is 0 Å². The van der Waals surface area contributed by atoms with Crippen LogP contribution in [0.15, 0.2) is 48.5 Å². The zero-order valence-corrected chi connectivity index (χ0v) is 9.43. The summed E-state index contributed by atoms with van der Waals surface area (Å²) in [7, 11) is 0. The Kier molecular flexibility index (Phi) is 3.42. The van der Waals surface area contributed by atoms with E-state index in [2.05, 4.69) is 12.1 Å². The number of benzene rings is 2.